The molecule has 5 rings (SSSR count). The molecule has 1 aliphatic heterocycles. The van der Waals surface area contributed by atoms with Gasteiger partial charge >= 0.3 is 0 Å². The van der Waals surface area contributed by atoms with Crippen molar-refractivity contribution in [1.82, 2.24) is 20.9 Å². The van der Waals surface area contributed by atoms with E-state index in [4.69, 9.17) is 0 Å². The number of benzene rings is 2. The first kappa shape index (κ1) is 30.5. The number of carbonyl (C=O) groups is 4. The fourth-order valence-electron chi connectivity index (χ4n) is 6.48. The van der Waals surface area contributed by atoms with Gasteiger partial charge in [0.1, 0.15) is 0 Å². The van der Waals surface area contributed by atoms with Gasteiger partial charge in [0, 0.05) is 42.2 Å². The van der Waals surface area contributed by atoms with Gasteiger partial charge < -0.3 is 26.0 Å². The maximum atomic E-state index is 13.9. The highest BCUT2D eigenvalue weighted by molar-refractivity contribution is 6.01. The third-order valence-corrected chi connectivity index (χ3v) is 8.96. The molecule has 43 heavy (non-hydrogen) atoms. The molecule has 0 radical (unpaired) electrons. The molecule has 0 bridgehead atoms. The second-order valence-corrected chi connectivity index (χ2v) is 12.1. The molecule has 1 aliphatic carbocycles. The highest BCUT2D eigenvalue weighted by atomic mass is 16.3. The summed E-state index contributed by atoms with van der Waals surface area (Å²) >= 11 is 0. The van der Waals surface area contributed by atoms with Crippen LogP contribution in [0.15, 0.2) is 60.7 Å². The highest BCUT2D eigenvalue weighted by Crippen LogP contribution is 2.31. The van der Waals surface area contributed by atoms with Crippen LogP contribution >= 0.6 is 0 Å². The number of aliphatic hydroxyl groups is 1. The molecule has 2 heterocycles. The Balaban J connectivity index is 1.31. The average molecular weight is 587 g/mol. The SMILES string of the molecule is O=C(C[C@@H](CC1CCCCC1)C(=O)N[C@@H](C[C@@H]1CCNC1=O)C(O)C(=O)NCc1ccccc1)c1cc2ccccc2[nH]1. The Bertz CT molecular complexity index is 1380. The number of para-hydroxylation sites is 1. The van der Waals surface area contributed by atoms with Crippen LogP contribution in [0.3, 0.4) is 0 Å². The van der Waals surface area contributed by atoms with Crippen molar-refractivity contribution in [3.8, 4) is 0 Å². The predicted octanol–water partition coefficient (Wildman–Crippen LogP) is 4.02. The van der Waals surface area contributed by atoms with Crippen molar-refractivity contribution in [2.45, 2.75) is 76.5 Å². The number of hydrogen-bond acceptors (Lipinski definition) is 5. The van der Waals surface area contributed by atoms with Gasteiger partial charge in [-0.3, -0.25) is 19.2 Å². The molecule has 9 nitrogen and oxygen atoms in total. The molecular formula is C34H42N4O5. The average Bonchev–Trinajstić information content (AvgIpc) is 3.65. The highest BCUT2D eigenvalue weighted by Gasteiger charge is 2.36. The number of rotatable bonds is 13. The van der Waals surface area contributed by atoms with Gasteiger partial charge in [-0.05, 0) is 42.9 Å². The summed E-state index contributed by atoms with van der Waals surface area (Å²) in [5, 5.41) is 20.6. The minimum atomic E-state index is -1.55. The molecule has 2 fully saturated rings. The number of fused-ring (bicyclic) bond motifs is 1. The van der Waals surface area contributed by atoms with Crippen molar-refractivity contribution >= 4 is 34.4 Å². The van der Waals surface area contributed by atoms with E-state index in [0.29, 0.717) is 31.0 Å². The van der Waals surface area contributed by atoms with Crippen molar-refractivity contribution in [1.29, 1.82) is 0 Å². The predicted molar refractivity (Wildman–Crippen MR) is 164 cm³/mol. The van der Waals surface area contributed by atoms with Crippen LogP contribution in [0.25, 0.3) is 10.9 Å². The third kappa shape index (κ3) is 8.10. The lowest BCUT2D eigenvalue weighted by molar-refractivity contribution is -0.135. The van der Waals surface area contributed by atoms with Gasteiger partial charge in [0.2, 0.25) is 11.8 Å². The molecule has 4 atom stereocenters. The van der Waals surface area contributed by atoms with Gasteiger partial charge in [-0.1, -0.05) is 80.6 Å². The van der Waals surface area contributed by atoms with Gasteiger partial charge in [0.15, 0.2) is 11.9 Å². The smallest absolute Gasteiger partial charge is 0.251 e. The van der Waals surface area contributed by atoms with Crippen LogP contribution in [0, 0.1) is 17.8 Å². The summed E-state index contributed by atoms with van der Waals surface area (Å²) in [6.07, 6.45) is 5.13. The number of aromatic amines is 1. The molecule has 1 aromatic heterocycles. The Morgan fingerprint density at radius 2 is 1.65 bits per heavy atom. The molecule has 1 unspecified atom stereocenters. The number of carbonyl (C=O) groups excluding carboxylic acids is 4. The molecule has 0 spiro atoms. The van der Waals surface area contributed by atoms with E-state index in [9.17, 15) is 24.3 Å². The monoisotopic (exact) mass is 586 g/mol. The molecule has 1 saturated carbocycles. The summed E-state index contributed by atoms with van der Waals surface area (Å²) in [5.41, 5.74) is 2.20. The fourth-order valence-corrected chi connectivity index (χ4v) is 6.48. The molecule has 1 saturated heterocycles. The number of aromatic nitrogens is 1. The number of aliphatic hydroxyl groups excluding tert-OH is 1. The van der Waals surface area contributed by atoms with Gasteiger partial charge in [0.05, 0.1) is 11.7 Å². The zero-order chi connectivity index (χ0) is 30.2. The summed E-state index contributed by atoms with van der Waals surface area (Å²) < 4.78 is 0. The number of amides is 3. The van der Waals surface area contributed by atoms with E-state index >= 15 is 0 Å². The van der Waals surface area contributed by atoms with Gasteiger partial charge in [-0.25, -0.2) is 0 Å². The van der Waals surface area contributed by atoms with Crippen LogP contribution in [0.2, 0.25) is 0 Å². The van der Waals surface area contributed by atoms with E-state index in [1.807, 2.05) is 60.7 Å². The van der Waals surface area contributed by atoms with Gasteiger partial charge in [0.25, 0.3) is 5.91 Å². The fraction of sp³-hybridized carbons (Fsp3) is 0.471. The molecule has 3 amide bonds. The van der Waals surface area contributed by atoms with Crippen molar-refractivity contribution in [3.63, 3.8) is 0 Å². The summed E-state index contributed by atoms with van der Waals surface area (Å²) in [6.45, 7) is 0.744. The number of hydrogen-bond donors (Lipinski definition) is 5. The maximum Gasteiger partial charge on any atom is 0.251 e. The molecule has 9 heteroatoms. The Kier molecular flexibility index (Phi) is 10.3. The second kappa shape index (κ2) is 14.5. The van der Waals surface area contributed by atoms with Gasteiger partial charge in [-0.2, -0.15) is 0 Å². The van der Waals surface area contributed by atoms with E-state index in [1.165, 1.54) is 6.42 Å². The summed E-state index contributed by atoms with van der Waals surface area (Å²) in [4.78, 5) is 56.0. The summed E-state index contributed by atoms with van der Waals surface area (Å²) in [5.74, 6) is -2.01. The maximum absolute atomic E-state index is 13.9. The first-order valence-corrected chi connectivity index (χ1v) is 15.6. The normalized spacial score (nSPS) is 19.4. The minimum Gasteiger partial charge on any atom is -0.381 e. The van der Waals surface area contributed by atoms with Crippen LogP contribution in [-0.4, -0.2) is 52.3 Å². The molecule has 3 aromatic rings. The summed E-state index contributed by atoms with van der Waals surface area (Å²) in [6, 6.07) is 17.8. The lowest BCUT2D eigenvalue weighted by Gasteiger charge is -2.29. The summed E-state index contributed by atoms with van der Waals surface area (Å²) in [7, 11) is 0. The van der Waals surface area contributed by atoms with Crippen molar-refractivity contribution in [2.24, 2.45) is 17.8 Å². The molecule has 228 valence electrons. The second-order valence-electron chi connectivity index (χ2n) is 12.1. The lowest BCUT2D eigenvalue weighted by Crippen LogP contribution is -2.53. The largest absolute Gasteiger partial charge is 0.381 e. The van der Waals surface area contributed by atoms with Crippen LogP contribution in [0.1, 0.15) is 73.8 Å². The number of ketones is 1. The quantitative estimate of drug-likeness (QED) is 0.193. The van der Waals surface area contributed by atoms with E-state index in [0.717, 1.165) is 42.1 Å². The van der Waals surface area contributed by atoms with Crippen molar-refractivity contribution in [2.75, 3.05) is 6.54 Å². The minimum absolute atomic E-state index is 0.0160. The van der Waals surface area contributed by atoms with E-state index in [-0.39, 0.29) is 37.0 Å². The number of nitrogens with one attached hydrogen (secondary N) is 4. The van der Waals surface area contributed by atoms with Crippen LogP contribution < -0.4 is 16.0 Å². The molecular weight excluding hydrogens is 544 g/mol. The first-order valence-electron chi connectivity index (χ1n) is 15.6. The van der Waals surface area contributed by atoms with Crippen molar-refractivity contribution < 1.29 is 24.3 Å². The molecule has 2 aliphatic rings. The zero-order valence-corrected chi connectivity index (χ0v) is 24.5. The first-order chi connectivity index (χ1) is 20.9. The standard InChI is InChI=1S/C34H42N4O5/c39-30(28-18-24-13-7-8-14-27(24)37-28)20-26(17-22-9-3-1-4-10-22)33(42)38-29(19-25-15-16-35-32(25)41)31(40)34(43)36-21-23-11-5-2-6-12-23/h2,5-8,11-14,18,22,25-26,29,31,37,40H,1,3-4,9-10,15-17,19-21H2,(H,35,41)(H,36,43)(H,38,42)/t25-,26+,29-,31?/m0/s1. The zero-order valence-electron chi connectivity index (χ0n) is 24.5. The number of H-pyrrole nitrogens is 1. The Labute approximate surface area is 252 Å². The Morgan fingerprint density at radius 1 is 0.907 bits per heavy atom. The van der Waals surface area contributed by atoms with Crippen LogP contribution in [0.4, 0.5) is 0 Å². The van der Waals surface area contributed by atoms with Crippen molar-refractivity contribution in [3.05, 3.63) is 71.9 Å². The van der Waals surface area contributed by atoms with Crippen LogP contribution in [0.5, 0.6) is 0 Å². The van der Waals surface area contributed by atoms with Crippen LogP contribution in [-0.2, 0) is 20.9 Å². The molecule has 5 N–H and O–H groups in total. The van der Waals surface area contributed by atoms with E-state index < -0.39 is 29.9 Å². The van der Waals surface area contributed by atoms with E-state index in [2.05, 4.69) is 20.9 Å². The number of Topliss-reactive ketones (excluding diaryl/α,β-unsaturated/α-hetero) is 1. The topological polar surface area (TPSA) is 140 Å². The molecule has 2 aromatic carbocycles. The Hall–Kier alpha value is -3.98. The Morgan fingerprint density at radius 3 is 2.37 bits per heavy atom. The van der Waals surface area contributed by atoms with E-state index in [1.54, 1.807) is 0 Å². The lowest BCUT2D eigenvalue weighted by atomic mass is 9.80. The van der Waals surface area contributed by atoms with Gasteiger partial charge in [-0.15, -0.1) is 0 Å². The third-order valence-electron chi connectivity index (χ3n) is 8.96.